The average Bonchev–Trinajstić information content (AvgIpc) is 2.55. The van der Waals surface area contributed by atoms with Gasteiger partial charge in [0.15, 0.2) is 0 Å². The van der Waals surface area contributed by atoms with Crippen LogP contribution in [0.4, 0.5) is 0 Å². The first-order valence-electron chi connectivity index (χ1n) is 8.49. The number of ether oxygens (including phenoxy) is 1. The fraction of sp³-hybridized carbons (Fsp3) is 0.400. The topological polar surface area (TPSA) is 38.5 Å². The van der Waals surface area contributed by atoms with Gasteiger partial charge in [-0.05, 0) is 60.9 Å². The second-order valence-corrected chi connectivity index (χ2v) is 7.53. The summed E-state index contributed by atoms with van der Waals surface area (Å²) in [4.78, 5) is 0. The molecular weight excluding hydrogens is 364 g/mol. The molecule has 1 heterocycles. The molecule has 1 saturated heterocycles. The fourth-order valence-corrected chi connectivity index (χ4v) is 4.58. The minimum absolute atomic E-state index is 0.254. The first kappa shape index (κ1) is 17.5. The molecule has 0 radical (unpaired) electrons. The van der Waals surface area contributed by atoms with Crippen LogP contribution in [0.5, 0.6) is 5.75 Å². The van der Waals surface area contributed by atoms with Gasteiger partial charge < -0.3 is 4.74 Å². The Morgan fingerprint density at radius 2 is 2.00 bits per heavy atom. The Kier molecular flexibility index (Phi) is 5.59. The fourth-order valence-electron chi connectivity index (χ4n) is 3.96. The van der Waals surface area contributed by atoms with Gasteiger partial charge in [0.05, 0.1) is 13.2 Å². The number of piperidine rings is 1. The molecule has 0 amide bonds. The van der Waals surface area contributed by atoms with Crippen LogP contribution in [0, 0.1) is 12.8 Å². The van der Waals surface area contributed by atoms with Crippen LogP contribution in [0.2, 0.25) is 0 Å². The van der Waals surface area contributed by atoms with E-state index in [0.717, 1.165) is 29.6 Å². The molecular formula is C20H25BrN2O. The molecule has 1 fully saturated rings. The number of hydrazine groups is 1. The number of nitrogens with zero attached hydrogens (tertiary/aromatic N) is 1. The van der Waals surface area contributed by atoms with Gasteiger partial charge in [-0.2, -0.15) is 0 Å². The van der Waals surface area contributed by atoms with Crippen molar-refractivity contribution in [2.24, 2.45) is 11.8 Å². The van der Waals surface area contributed by atoms with E-state index in [9.17, 15) is 0 Å². The molecule has 128 valence electrons. The summed E-state index contributed by atoms with van der Waals surface area (Å²) in [5.41, 5.74) is 3.72. The second-order valence-electron chi connectivity index (χ2n) is 6.61. The number of hydrogen-bond donors (Lipinski definition) is 1. The van der Waals surface area contributed by atoms with Gasteiger partial charge in [0.2, 0.25) is 0 Å². The molecule has 2 unspecified atom stereocenters. The van der Waals surface area contributed by atoms with Gasteiger partial charge in [0, 0.05) is 11.0 Å². The smallest absolute Gasteiger partial charge is 0.125 e. The Morgan fingerprint density at radius 3 is 2.71 bits per heavy atom. The Hall–Kier alpha value is -1.36. The molecule has 0 bridgehead atoms. The summed E-state index contributed by atoms with van der Waals surface area (Å²) in [5.74, 6) is 7.86. The van der Waals surface area contributed by atoms with Gasteiger partial charge in [0.25, 0.3) is 0 Å². The monoisotopic (exact) mass is 388 g/mol. The lowest BCUT2D eigenvalue weighted by molar-refractivity contribution is 0.0922. The Morgan fingerprint density at radius 1 is 1.25 bits per heavy atom. The molecule has 1 aliphatic heterocycles. The van der Waals surface area contributed by atoms with Crippen LogP contribution in [-0.2, 0) is 6.42 Å². The minimum Gasteiger partial charge on any atom is -0.496 e. The van der Waals surface area contributed by atoms with E-state index in [1.54, 1.807) is 7.11 Å². The van der Waals surface area contributed by atoms with E-state index in [1.807, 2.05) is 5.01 Å². The van der Waals surface area contributed by atoms with Gasteiger partial charge in [-0.25, -0.2) is 5.01 Å². The normalized spacial score (nSPS) is 21.7. The predicted octanol–water partition coefficient (Wildman–Crippen LogP) is 4.64. The molecule has 2 atom stereocenters. The van der Waals surface area contributed by atoms with Crippen LogP contribution >= 0.6 is 15.9 Å². The zero-order valence-electron chi connectivity index (χ0n) is 14.3. The minimum atomic E-state index is 0.254. The summed E-state index contributed by atoms with van der Waals surface area (Å²) in [6.07, 6.45) is 3.29. The van der Waals surface area contributed by atoms with Crippen LogP contribution in [0.3, 0.4) is 0 Å². The average molecular weight is 389 g/mol. The van der Waals surface area contributed by atoms with Crippen molar-refractivity contribution in [3.8, 4) is 5.75 Å². The van der Waals surface area contributed by atoms with E-state index in [0.29, 0.717) is 5.92 Å². The van der Waals surface area contributed by atoms with E-state index in [-0.39, 0.29) is 6.04 Å². The molecule has 24 heavy (non-hydrogen) atoms. The number of rotatable bonds is 4. The highest BCUT2D eigenvalue weighted by molar-refractivity contribution is 9.10. The first-order valence-corrected chi connectivity index (χ1v) is 9.28. The highest BCUT2D eigenvalue weighted by Gasteiger charge is 2.31. The number of halogens is 1. The number of hydrogen-bond acceptors (Lipinski definition) is 3. The molecule has 4 heteroatoms. The van der Waals surface area contributed by atoms with Crippen molar-refractivity contribution >= 4 is 15.9 Å². The van der Waals surface area contributed by atoms with Gasteiger partial charge in [-0.3, -0.25) is 5.84 Å². The molecule has 2 N–H and O–H groups in total. The summed E-state index contributed by atoms with van der Waals surface area (Å²) < 4.78 is 6.78. The van der Waals surface area contributed by atoms with Crippen molar-refractivity contribution in [3.63, 3.8) is 0 Å². The molecule has 3 nitrogen and oxygen atoms in total. The molecule has 2 aromatic rings. The highest BCUT2D eigenvalue weighted by Crippen LogP contribution is 2.39. The third-order valence-corrected chi connectivity index (χ3v) is 5.40. The number of aryl methyl sites for hydroxylation is 1. The van der Waals surface area contributed by atoms with Gasteiger partial charge in [0.1, 0.15) is 5.75 Å². The van der Waals surface area contributed by atoms with Gasteiger partial charge in [-0.1, -0.05) is 46.3 Å². The van der Waals surface area contributed by atoms with Crippen LogP contribution in [0.1, 0.15) is 35.6 Å². The zero-order valence-corrected chi connectivity index (χ0v) is 15.9. The van der Waals surface area contributed by atoms with Gasteiger partial charge in [-0.15, -0.1) is 0 Å². The first-order chi connectivity index (χ1) is 11.6. The number of nitrogens with two attached hydrogens (primary N) is 1. The van der Waals surface area contributed by atoms with Crippen molar-refractivity contribution < 1.29 is 4.74 Å². The van der Waals surface area contributed by atoms with Crippen LogP contribution < -0.4 is 10.6 Å². The Balaban J connectivity index is 1.93. The summed E-state index contributed by atoms with van der Waals surface area (Å²) in [6.45, 7) is 3.04. The van der Waals surface area contributed by atoms with Gasteiger partial charge >= 0.3 is 0 Å². The molecule has 0 saturated carbocycles. The SMILES string of the molecule is COc1c(C)cc(Br)cc1CC1CCCN(N)C1c1ccccc1. The lowest BCUT2D eigenvalue weighted by Gasteiger charge is -2.39. The predicted molar refractivity (Wildman–Crippen MR) is 102 cm³/mol. The molecule has 2 aromatic carbocycles. The van der Waals surface area contributed by atoms with Crippen LogP contribution in [-0.4, -0.2) is 18.7 Å². The van der Waals surface area contributed by atoms with Crippen LogP contribution in [0.15, 0.2) is 46.9 Å². The maximum atomic E-state index is 6.38. The third-order valence-electron chi connectivity index (χ3n) is 4.94. The van der Waals surface area contributed by atoms with E-state index in [1.165, 1.54) is 23.1 Å². The second kappa shape index (κ2) is 7.68. The number of benzene rings is 2. The Bertz CT molecular complexity index is 690. The largest absolute Gasteiger partial charge is 0.496 e. The van der Waals surface area contributed by atoms with Crippen molar-refractivity contribution in [3.05, 3.63) is 63.6 Å². The van der Waals surface area contributed by atoms with Crippen molar-refractivity contribution in [2.75, 3.05) is 13.7 Å². The maximum absolute atomic E-state index is 6.38. The summed E-state index contributed by atoms with van der Waals surface area (Å²) in [7, 11) is 1.75. The molecule has 0 aromatic heterocycles. The number of methoxy groups -OCH3 is 1. The quantitative estimate of drug-likeness (QED) is 0.775. The van der Waals surface area contributed by atoms with E-state index in [2.05, 4.69) is 65.3 Å². The molecule has 0 spiro atoms. The van der Waals surface area contributed by atoms with Crippen molar-refractivity contribution in [1.82, 2.24) is 5.01 Å². The van der Waals surface area contributed by atoms with E-state index < -0.39 is 0 Å². The third kappa shape index (κ3) is 3.66. The van der Waals surface area contributed by atoms with Crippen molar-refractivity contribution in [2.45, 2.75) is 32.2 Å². The Labute approximate surface area is 152 Å². The standard InChI is InChI=1S/C20H25BrN2O/c1-14-11-18(21)13-17(20(14)24-2)12-16-9-6-10-23(22)19(16)15-7-4-3-5-8-15/h3-5,7-8,11,13,16,19H,6,9-10,12,22H2,1-2H3. The summed E-state index contributed by atoms with van der Waals surface area (Å²) in [5, 5.41) is 2.01. The zero-order chi connectivity index (χ0) is 17.1. The molecule has 3 rings (SSSR count). The lowest BCUT2D eigenvalue weighted by Crippen LogP contribution is -2.44. The highest BCUT2D eigenvalue weighted by atomic mass is 79.9. The molecule has 0 aliphatic carbocycles. The van der Waals surface area contributed by atoms with E-state index >= 15 is 0 Å². The summed E-state index contributed by atoms with van der Waals surface area (Å²) in [6, 6.07) is 15.2. The molecule has 1 aliphatic rings. The lowest BCUT2D eigenvalue weighted by atomic mass is 9.81. The van der Waals surface area contributed by atoms with E-state index in [4.69, 9.17) is 10.6 Å². The van der Waals surface area contributed by atoms with Crippen LogP contribution in [0.25, 0.3) is 0 Å². The summed E-state index contributed by atoms with van der Waals surface area (Å²) >= 11 is 3.62. The van der Waals surface area contributed by atoms with Crippen molar-refractivity contribution in [1.29, 1.82) is 0 Å². The maximum Gasteiger partial charge on any atom is 0.125 e.